The molecule has 1 aliphatic heterocycles. The number of sulfonamides is 1. The maximum atomic E-state index is 13.5. The summed E-state index contributed by atoms with van der Waals surface area (Å²) in [6.45, 7) is 3.52. The van der Waals surface area contributed by atoms with Gasteiger partial charge in [0.1, 0.15) is 23.6 Å². The fourth-order valence-electron chi connectivity index (χ4n) is 4.10. The maximum absolute atomic E-state index is 13.5. The van der Waals surface area contributed by atoms with Crippen LogP contribution in [0.2, 0.25) is 0 Å². The zero-order chi connectivity index (χ0) is 25.2. The van der Waals surface area contributed by atoms with Gasteiger partial charge in [-0.25, -0.2) is 8.42 Å². The van der Waals surface area contributed by atoms with E-state index in [2.05, 4.69) is 21.2 Å². The molecular weight excluding hydrogens is 532 g/mol. The van der Waals surface area contributed by atoms with Crippen molar-refractivity contribution in [2.75, 3.05) is 18.0 Å². The van der Waals surface area contributed by atoms with Crippen molar-refractivity contribution < 1.29 is 22.7 Å². The standard InChI is InChI=1S/C26H27BrN2O5S/c1-26(2)16-23(22-14-13-20(33-3)15-24(22)34-26)28-25(30)17-29(19-11-9-18(27)10-12-19)35(31,32)21-7-5-4-6-8-21/h4-15,23H,16-17H2,1-3H3,(H,28,30). The smallest absolute Gasteiger partial charge is 0.264 e. The Hall–Kier alpha value is -3.04. The summed E-state index contributed by atoms with van der Waals surface area (Å²) in [5.41, 5.74) is 0.683. The summed E-state index contributed by atoms with van der Waals surface area (Å²) in [6.07, 6.45) is 0.530. The minimum atomic E-state index is -3.98. The third-order valence-electron chi connectivity index (χ3n) is 5.75. The number of carbonyl (C=O) groups is 1. The largest absolute Gasteiger partial charge is 0.497 e. The van der Waals surface area contributed by atoms with Gasteiger partial charge in [0.2, 0.25) is 5.91 Å². The van der Waals surface area contributed by atoms with Crippen LogP contribution < -0.4 is 19.1 Å². The number of anilines is 1. The van der Waals surface area contributed by atoms with Gasteiger partial charge in [-0.2, -0.15) is 0 Å². The Morgan fingerprint density at radius 1 is 1.11 bits per heavy atom. The first-order valence-electron chi connectivity index (χ1n) is 11.1. The summed E-state index contributed by atoms with van der Waals surface area (Å²) in [7, 11) is -2.40. The van der Waals surface area contributed by atoms with Crippen molar-refractivity contribution in [1.29, 1.82) is 0 Å². The van der Waals surface area contributed by atoms with E-state index in [0.29, 0.717) is 23.6 Å². The van der Waals surface area contributed by atoms with Crippen LogP contribution in [0, 0.1) is 0 Å². The highest BCUT2D eigenvalue weighted by atomic mass is 79.9. The Morgan fingerprint density at radius 3 is 2.46 bits per heavy atom. The molecule has 4 rings (SSSR count). The molecule has 1 atom stereocenters. The summed E-state index contributed by atoms with van der Waals surface area (Å²) in [5.74, 6) is 0.867. The van der Waals surface area contributed by atoms with Crippen LogP contribution in [0.25, 0.3) is 0 Å². The Bertz CT molecular complexity index is 1310. The average molecular weight is 559 g/mol. The molecule has 0 spiro atoms. The number of nitrogens with zero attached hydrogens (tertiary/aromatic N) is 1. The van der Waals surface area contributed by atoms with Crippen molar-refractivity contribution in [2.45, 2.75) is 36.8 Å². The molecule has 1 N–H and O–H groups in total. The molecule has 1 amide bonds. The van der Waals surface area contributed by atoms with Crippen LogP contribution in [0.1, 0.15) is 31.9 Å². The molecule has 0 fully saturated rings. The van der Waals surface area contributed by atoms with Gasteiger partial charge in [0.05, 0.1) is 23.7 Å². The Morgan fingerprint density at radius 2 is 1.80 bits per heavy atom. The number of methoxy groups -OCH3 is 1. The highest BCUT2D eigenvalue weighted by molar-refractivity contribution is 9.10. The van der Waals surface area contributed by atoms with Gasteiger partial charge in [-0.3, -0.25) is 9.10 Å². The van der Waals surface area contributed by atoms with Crippen molar-refractivity contribution in [3.8, 4) is 11.5 Å². The van der Waals surface area contributed by atoms with Crippen LogP contribution >= 0.6 is 15.9 Å². The minimum absolute atomic E-state index is 0.111. The Kier molecular flexibility index (Phi) is 7.10. The SMILES string of the molecule is COc1ccc2c(c1)OC(C)(C)CC2NC(=O)CN(c1ccc(Br)cc1)S(=O)(=O)c1ccccc1. The second-order valence-corrected chi connectivity index (χ2v) is 11.7. The van der Waals surface area contributed by atoms with E-state index < -0.39 is 21.5 Å². The lowest BCUT2D eigenvalue weighted by Crippen LogP contribution is -2.45. The van der Waals surface area contributed by atoms with Crippen LogP contribution in [-0.2, 0) is 14.8 Å². The lowest BCUT2D eigenvalue weighted by molar-refractivity contribution is -0.120. The van der Waals surface area contributed by atoms with E-state index in [1.54, 1.807) is 55.6 Å². The molecule has 35 heavy (non-hydrogen) atoms. The summed E-state index contributed by atoms with van der Waals surface area (Å²) < 4.78 is 40.4. The molecule has 0 saturated carbocycles. The molecule has 0 aromatic heterocycles. The number of halogens is 1. The molecule has 0 radical (unpaired) electrons. The minimum Gasteiger partial charge on any atom is -0.497 e. The fourth-order valence-corrected chi connectivity index (χ4v) is 5.81. The van der Waals surface area contributed by atoms with Crippen LogP contribution in [0.4, 0.5) is 5.69 Å². The number of carbonyl (C=O) groups excluding carboxylic acids is 1. The normalized spacial score (nSPS) is 16.5. The molecule has 1 unspecified atom stereocenters. The molecule has 9 heteroatoms. The lowest BCUT2D eigenvalue weighted by atomic mass is 9.89. The number of ether oxygens (including phenoxy) is 2. The van der Waals surface area contributed by atoms with Crippen LogP contribution in [0.5, 0.6) is 11.5 Å². The maximum Gasteiger partial charge on any atom is 0.264 e. The van der Waals surface area contributed by atoms with Crippen LogP contribution in [0.3, 0.4) is 0 Å². The molecule has 0 bridgehead atoms. The lowest BCUT2D eigenvalue weighted by Gasteiger charge is -2.38. The number of rotatable bonds is 7. The van der Waals surface area contributed by atoms with E-state index in [-0.39, 0.29) is 17.5 Å². The molecule has 3 aromatic rings. The number of hydrogen-bond donors (Lipinski definition) is 1. The van der Waals surface area contributed by atoms with Gasteiger partial charge in [-0.05, 0) is 62.4 Å². The summed E-state index contributed by atoms with van der Waals surface area (Å²) in [5, 5.41) is 3.03. The van der Waals surface area contributed by atoms with Gasteiger partial charge in [0.25, 0.3) is 10.0 Å². The Labute approximate surface area is 214 Å². The van der Waals surface area contributed by atoms with Gasteiger partial charge in [0, 0.05) is 22.5 Å². The predicted molar refractivity (Wildman–Crippen MR) is 138 cm³/mol. The molecule has 7 nitrogen and oxygen atoms in total. The quantitative estimate of drug-likeness (QED) is 0.437. The number of fused-ring (bicyclic) bond motifs is 1. The molecule has 1 aliphatic rings. The first-order chi connectivity index (χ1) is 16.6. The van der Waals surface area contributed by atoms with E-state index in [1.807, 2.05) is 26.0 Å². The van der Waals surface area contributed by atoms with Crippen LogP contribution in [-0.4, -0.2) is 33.6 Å². The average Bonchev–Trinajstić information content (AvgIpc) is 2.82. The number of benzene rings is 3. The number of nitrogens with one attached hydrogen (secondary N) is 1. The van der Waals surface area contributed by atoms with E-state index in [0.717, 1.165) is 14.3 Å². The zero-order valence-corrected chi connectivity index (χ0v) is 22.1. The molecule has 0 aliphatic carbocycles. The van der Waals surface area contributed by atoms with Crippen molar-refractivity contribution in [1.82, 2.24) is 5.32 Å². The van der Waals surface area contributed by atoms with Gasteiger partial charge < -0.3 is 14.8 Å². The molecule has 1 heterocycles. The third-order valence-corrected chi connectivity index (χ3v) is 8.06. The zero-order valence-electron chi connectivity index (χ0n) is 19.7. The fraction of sp³-hybridized carbons (Fsp3) is 0.269. The van der Waals surface area contributed by atoms with Crippen molar-refractivity contribution >= 4 is 37.5 Å². The topological polar surface area (TPSA) is 84.9 Å². The summed E-state index contributed by atoms with van der Waals surface area (Å²) >= 11 is 3.37. The van der Waals surface area contributed by atoms with E-state index in [4.69, 9.17) is 9.47 Å². The van der Waals surface area contributed by atoms with Gasteiger partial charge in [0.15, 0.2) is 0 Å². The molecule has 184 valence electrons. The summed E-state index contributed by atoms with van der Waals surface area (Å²) in [4.78, 5) is 13.4. The van der Waals surface area contributed by atoms with Gasteiger partial charge >= 0.3 is 0 Å². The van der Waals surface area contributed by atoms with Crippen molar-refractivity contribution in [3.05, 3.63) is 82.8 Å². The second kappa shape index (κ2) is 9.91. The first kappa shape index (κ1) is 25.1. The second-order valence-electron chi connectivity index (χ2n) is 8.89. The molecular formula is C26H27BrN2O5S. The van der Waals surface area contributed by atoms with Crippen LogP contribution in [0.15, 0.2) is 82.2 Å². The molecule has 0 saturated heterocycles. The first-order valence-corrected chi connectivity index (χ1v) is 13.3. The van der Waals surface area contributed by atoms with Gasteiger partial charge in [-0.1, -0.05) is 34.1 Å². The van der Waals surface area contributed by atoms with E-state index >= 15 is 0 Å². The predicted octanol–water partition coefficient (Wildman–Crippen LogP) is 5.07. The highest BCUT2D eigenvalue weighted by Gasteiger charge is 2.36. The van der Waals surface area contributed by atoms with Gasteiger partial charge in [-0.15, -0.1) is 0 Å². The van der Waals surface area contributed by atoms with Crippen molar-refractivity contribution in [3.63, 3.8) is 0 Å². The number of amides is 1. The summed E-state index contributed by atoms with van der Waals surface area (Å²) in [6, 6.07) is 20.0. The number of hydrogen-bond acceptors (Lipinski definition) is 5. The Balaban J connectivity index is 1.63. The van der Waals surface area contributed by atoms with E-state index in [9.17, 15) is 13.2 Å². The molecule has 3 aromatic carbocycles. The monoisotopic (exact) mass is 558 g/mol. The highest BCUT2D eigenvalue weighted by Crippen LogP contribution is 2.41. The van der Waals surface area contributed by atoms with Crippen molar-refractivity contribution in [2.24, 2.45) is 0 Å². The van der Waals surface area contributed by atoms with E-state index in [1.165, 1.54) is 12.1 Å². The third kappa shape index (κ3) is 5.62.